The molecule has 1 heterocycles. The van der Waals surface area contributed by atoms with E-state index in [2.05, 4.69) is 22.0 Å². The zero-order chi connectivity index (χ0) is 15.0. The molecule has 0 saturated heterocycles. The van der Waals surface area contributed by atoms with E-state index in [4.69, 9.17) is 20.4 Å². The number of aromatic nitrogens is 1. The van der Waals surface area contributed by atoms with E-state index in [1.54, 1.807) is 26.5 Å². The van der Waals surface area contributed by atoms with Crippen LogP contribution in [0, 0.1) is 0 Å². The van der Waals surface area contributed by atoms with E-state index in [1.165, 1.54) is 0 Å². The normalized spacial score (nSPS) is 13.2. The molecule has 0 radical (unpaired) electrons. The zero-order valence-electron chi connectivity index (χ0n) is 12.1. The highest BCUT2D eigenvalue weighted by Crippen LogP contribution is 2.14. The molecule has 112 valence electrons. The number of oxime groups is 1. The molecule has 20 heavy (non-hydrogen) atoms. The summed E-state index contributed by atoms with van der Waals surface area (Å²) < 4.78 is 10.3. The van der Waals surface area contributed by atoms with Crippen molar-refractivity contribution in [2.75, 3.05) is 38.9 Å². The zero-order valence-corrected chi connectivity index (χ0v) is 12.1. The molecule has 0 aliphatic heterocycles. The summed E-state index contributed by atoms with van der Waals surface area (Å²) in [4.78, 5) is 6.43. The van der Waals surface area contributed by atoms with Gasteiger partial charge in [-0.05, 0) is 19.1 Å². The summed E-state index contributed by atoms with van der Waals surface area (Å²) >= 11 is 0. The van der Waals surface area contributed by atoms with E-state index < -0.39 is 0 Å². The first-order valence-corrected chi connectivity index (χ1v) is 6.32. The molecule has 1 aromatic heterocycles. The topological polar surface area (TPSA) is 93.2 Å². The van der Waals surface area contributed by atoms with Crippen LogP contribution in [-0.4, -0.2) is 56.0 Å². The Bertz CT molecular complexity index is 422. The van der Waals surface area contributed by atoms with Gasteiger partial charge in [0.25, 0.3) is 0 Å². The van der Waals surface area contributed by atoms with Crippen molar-refractivity contribution in [1.82, 2.24) is 4.98 Å². The Balaban J connectivity index is 2.89. The molecule has 7 nitrogen and oxygen atoms in total. The number of amidine groups is 1. The number of nitrogens with two attached hydrogens (primary N) is 1. The molecule has 3 N–H and O–H groups in total. The van der Waals surface area contributed by atoms with Gasteiger partial charge < -0.3 is 25.3 Å². The average Bonchev–Trinajstić information content (AvgIpc) is 2.48. The number of hydrogen-bond acceptors (Lipinski definition) is 6. The summed E-state index contributed by atoms with van der Waals surface area (Å²) in [5.41, 5.74) is 6.09. The van der Waals surface area contributed by atoms with Gasteiger partial charge in [0.2, 0.25) is 0 Å². The van der Waals surface area contributed by atoms with Crippen molar-refractivity contribution in [3.05, 3.63) is 23.9 Å². The molecular weight excluding hydrogens is 260 g/mol. The molecule has 1 unspecified atom stereocenters. The molecule has 7 heteroatoms. The van der Waals surface area contributed by atoms with Gasteiger partial charge in [-0.25, -0.2) is 4.98 Å². The van der Waals surface area contributed by atoms with E-state index in [-0.39, 0.29) is 11.9 Å². The Kier molecular flexibility index (Phi) is 6.75. The number of pyridine rings is 1. The quantitative estimate of drug-likeness (QED) is 0.315. The molecule has 0 amide bonds. The highest BCUT2D eigenvalue weighted by Gasteiger charge is 2.15. The van der Waals surface area contributed by atoms with Crippen LogP contribution in [0.5, 0.6) is 0 Å². The van der Waals surface area contributed by atoms with Gasteiger partial charge in [-0.2, -0.15) is 0 Å². The van der Waals surface area contributed by atoms with Crippen molar-refractivity contribution in [2.45, 2.75) is 13.0 Å². The second-order valence-electron chi connectivity index (χ2n) is 4.38. The van der Waals surface area contributed by atoms with Crippen LogP contribution >= 0.6 is 0 Å². The van der Waals surface area contributed by atoms with E-state index in [0.717, 1.165) is 5.82 Å². The van der Waals surface area contributed by atoms with Crippen LogP contribution in [0.25, 0.3) is 0 Å². The number of rotatable bonds is 8. The lowest BCUT2D eigenvalue weighted by Gasteiger charge is -2.29. The third-order valence-electron chi connectivity index (χ3n) is 2.92. The lowest BCUT2D eigenvalue weighted by molar-refractivity contribution is 0.170. The molecular formula is C13H22N4O3. The minimum Gasteiger partial charge on any atom is -0.409 e. The molecule has 0 spiro atoms. The van der Waals surface area contributed by atoms with Gasteiger partial charge in [0.05, 0.1) is 19.3 Å². The van der Waals surface area contributed by atoms with Gasteiger partial charge in [-0.1, -0.05) is 5.16 Å². The molecule has 1 aromatic rings. The predicted molar refractivity (Wildman–Crippen MR) is 77.3 cm³/mol. The first-order chi connectivity index (χ1) is 9.63. The maximum absolute atomic E-state index is 8.63. The highest BCUT2D eigenvalue weighted by atomic mass is 16.5. The second kappa shape index (κ2) is 8.34. The van der Waals surface area contributed by atoms with Crippen LogP contribution in [0.2, 0.25) is 0 Å². The molecule has 0 saturated carbocycles. The van der Waals surface area contributed by atoms with Gasteiger partial charge >= 0.3 is 0 Å². The fourth-order valence-electron chi connectivity index (χ4n) is 1.85. The third kappa shape index (κ3) is 4.36. The summed E-state index contributed by atoms with van der Waals surface area (Å²) in [6.07, 6.45) is 1.57. The van der Waals surface area contributed by atoms with Gasteiger partial charge in [0.1, 0.15) is 5.82 Å². The summed E-state index contributed by atoms with van der Waals surface area (Å²) in [6.45, 7) is 3.94. The van der Waals surface area contributed by atoms with Crippen molar-refractivity contribution >= 4 is 11.7 Å². The van der Waals surface area contributed by atoms with Crippen LogP contribution in [0.3, 0.4) is 0 Å². The summed E-state index contributed by atoms with van der Waals surface area (Å²) in [7, 11) is 3.33. The minimum absolute atomic E-state index is 0.0393. The maximum Gasteiger partial charge on any atom is 0.171 e. The van der Waals surface area contributed by atoms with Crippen molar-refractivity contribution in [3.8, 4) is 0 Å². The largest absolute Gasteiger partial charge is 0.409 e. The number of ether oxygens (including phenoxy) is 2. The summed E-state index contributed by atoms with van der Waals surface area (Å²) in [5.74, 6) is 0.832. The van der Waals surface area contributed by atoms with E-state index in [1.807, 2.05) is 6.07 Å². The molecule has 1 atom stereocenters. The van der Waals surface area contributed by atoms with Crippen LogP contribution in [0.4, 0.5) is 5.82 Å². The van der Waals surface area contributed by atoms with Crippen molar-refractivity contribution in [3.63, 3.8) is 0 Å². The molecule has 0 aromatic carbocycles. The highest BCUT2D eigenvalue weighted by molar-refractivity contribution is 5.96. The third-order valence-corrected chi connectivity index (χ3v) is 2.92. The van der Waals surface area contributed by atoms with E-state index >= 15 is 0 Å². The number of nitrogens with zero attached hydrogens (tertiary/aromatic N) is 3. The lowest BCUT2D eigenvalue weighted by Crippen LogP contribution is -2.39. The second-order valence-corrected chi connectivity index (χ2v) is 4.38. The van der Waals surface area contributed by atoms with Crippen LogP contribution in [0.1, 0.15) is 12.5 Å². The molecule has 1 rings (SSSR count). The Morgan fingerprint density at radius 2 is 2.20 bits per heavy atom. The number of methoxy groups -OCH3 is 2. The lowest BCUT2D eigenvalue weighted by atomic mass is 10.2. The van der Waals surface area contributed by atoms with Crippen LogP contribution in [0.15, 0.2) is 23.5 Å². The fraction of sp³-hybridized carbons (Fsp3) is 0.538. The minimum atomic E-state index is 0.0393. The first-order valence-electron chi connectivity index (χ1n) is 6.32. The SMILES string of the molecule is COCCN(c1ccc(C(N)=NO)cn1)C(C)COC. The van der Waals surface area contributed by atoms with Gasteiger partial charge in [-0.3, -0.25) is 0 Å². The standard InChI is InChI=1S/C13H22N4O3/c1-10(9-20-3)17(6-7-19-2)12-5-4-11(8-15-12)13(14)16-18/h4-5,8,10,18H,6-7,9H2,1-3H3,(H2,14,16). The predicted octanol–water partition coefficient (Wildman–Crippen LogP) is 0.664. The van der Waals surface area contributed by atoms with Crippen molar-refractivity contribution < 1.29 is 14.7 Å². The van der Waals surface area contributed by atoms with Crippen LogP contribution in [-0.2, 0) is 9.47 Å². The molecule has 0 bridgehead atoms. The van der Waals surface area contributed by atoms with Gasteiger partial charge in [0, 0.05) is 32.5 Å². The monoisotopic (exact) mass is 282 g/mol. The smallest absolute Gasteiger partial charge is 0.171 e. The fourth-order valence-corrected chi connectivity index (χ4v) is 1.85. The molecule has 0 fully saturated rings. The van der Waals surface area contributed by atoms with E-state index in [9.17, 15) is 0 Å². The van der Waals surface area contributed by atoms with Gasteiger partial charge in [-0.15, -0.1) is 0 Å². The first kappa shape index (κ1) is 16.2. The molecule has 0 aliphatic carbocycles. The van der Waals surface area contributed by atoms with E-state index in [0.29, 0.717) is 25.3 Å². The summed E-state index contributed by atoms with van der Waals surface area (Å²) in [6, 6.07) is 3.75. The number of anilines is 1. The molecule has 0 aliphatic rings. The van der Waals surface area contributed by atoms with Gasteiger partial charge in [0.15, 0.2) is 5.84 Å². The Hall–Kier alpha value is -1.86. The maximum atomic E-state index is 8.63. The number of hydrogen-bond donors (Lipinski definition) is 2. The van der Waals surface area contributed by atoms with Crippen molar-refractivity contribution in [1.29, 1.82) is 0 Å². The summed E-state index contributed by atoms with van der Waals surface area (Å²) in [5, 5.41) is 11.6. The van der Waals surface area contributed by atoms with Crippen molar-refractivity contribution in [2.24, 2.45) is 10.9 Å². The Morgan fingerprint density at radius 1 is 1.45 bits per heavy atom. The Labute approximate surface area is 119 Å². The van der Waals surface area contributed by atoms with Crippen LogP contribution < -0.4 is 10.6 Å². The Morgan fingerprint density at radius 3 is 2.70 bits per heavy atom. The average molecular weight is 282 g/mol.